The Hall–Kier alpha value is -3.20. The molecule has 114 valence electrons. The smallest absolute Gasteiger partial charge is 0.268 e. The lowest BCUT2D eigenvalue weighted by Gasteiger charge is -2.09. The maximum absolute atomic E-state index is 13.7. The number of nitriles is 1. The van der Waals surface area contributed by atoms with Crippen molar-refractivity contribution < 1.29 is 14.0 Å². The van der Waals surface area contributed by atoms with Crippen molar-refractivity contribution in [3.05, 3.63) is 65.5 Å². The molecule has 0 spiro atoms. The molecule has 2 aromatic carbocycles. The Balaban J connectivity index is 1.64. The third-order valence-corrected chi connectivity index (χ3v) is 3.43. The number of carbonyl (C=O) groups is 1. The number of rotatable bonds is 3. The van der Waals surface area contributed by atoms with Crippen LogP contribution in [0.4, 0.5) is 10.1 Å². The number of nitrogens with zero attached hydrogens (tertiary/aromatic N) is 2. The number of hydrogen-bond donors (Lipinski definition) is 1. The zero-order valence-electron chi connectivity index (χ0n) is 12.0. The van der Waals surface area contributed by atoms with Crippen LogP contribution in [0, 0.1) is 17.1 Å². The van der Waals surface area contributed by atoms with Crippen molar-refractivity contribution >= 4 is 17.3 Å². The number of amides is 1. The molecule has 0 aromatic heterocycles. The van der Waals surface area contributed by atoms with Gasteiger partial charge in [-0.2, -0.15) is 5.26 Å². The van der Waals surface area contributed by atoms with Crippen LogP contribution in [-0.4, -0.2) is 17.7 Å². The van der Waals surface area contributed by atoms with E-state index in [9.17, 15) is 9.18 Å². The van der Waals surface area contributed by atoms with Gasteiger partial charge in [0.2, 0.25) is 6.10 Å². The molecule has 6 heteroatoms. The monoisotopic (exact) mass is 309 g/mol. The number of carbonyl (C=O) groups excluding carboxylic acids is 1. The second kappa shape index (κ2) is 6.28. The first-order valence-electron chi connectivity index (χ1n) is 6.96. The average molecular weight is 309 g/mol. The van der Waals surface area contributed by atoms with Crippen LogP contribution < -0.4 is 5.32 Å². The second-order valence-electron chi connectivity index (χ2n) is 4.99. The van der Waals surface area contributed by atoms with Crippen molar-refractivity contribution in [3.63, 3.8) is 0 Å². The van der Waals surface area contributed by atoms with E-state index in [1.165, 1.54) is 6.07 Å². The molecule has 0 bridgehead atoms. The summed E-state index contributed by atoms with van der Waals surface area (Å²) in [6.07, 6.45) is -0.608. The SMILES string of the molecule is N#Cc1ccc(NC(=O)[C@@H]2CC(c3ccccc3F)=NO2)cc1. The summed E-state index contributed by atoms with van der Waals surface area (Å²) >= 11 is 0. The van der Waals surface area contributed by atoms with Crippen LogP contribution in [-0.2, 0) is 9.63 Å². The molecule has 1 aliphatic rings. The molecular formula is C17H12FN3O2. The zero-order chi connectivity index (χ0) is 16.2. The molecule has 1 N–H and O–H groups in total. The highest BCUT2D eigenvalue weighted by molar-refractivity contribution is 6.06. The lowest BCUT2D eigenvalue weighted by Crippen LogP contribution is -2.28. The Labute approximate surface area is 132 Å². The predicted molar refractivity (Wildman–Crippen MR) is 82.2 cm³/mol. The quantitative estimate of drug-likeness (QED) is 0.947. The first-order chi connectivity index (χ1) is 11.2. The van der Waals surface area contributed by atoms with Gasteiger partial charge in [-0.25, -0.2) is 4.39 Å². The van der Waals surface area contributed by atoms with Crippen molar-refractivity contribution in [2.24, 2.45) is 5.16 Å². The van der Waals surface area contributed by atoms with Gasteiger partial charge in [-0.3, -0.25) is 4.79 Å². The molecule has 5 nitrogen and oxygen atoms in total. The minimum Gasteiger partial charge on any atom is -0.382 e. The standard InChI is InChI=1S/C17H12FN3O2/c18-14-4-2-1-3-13(14)15-9-16(23-21-15)17(22)20-12-7-5-11(10-19)6-8-12/h1-8,16H,9H2,(H,20,22)/t16-/m0/s1. The van der Waals surface area contributed by atoms with Crippen LogP contribution in [0.5, 0.6) is 0 Å². The Morgan fingerprint density at radius 2 is 2.00 bits per heavy atom. The van der Waals surface area contributed by atoms with E-state index in [0.717, 1.165) is 0 Å². The lowest BCUT2D eigenvalue weighted by molar-refractivity contribution is -0.125. The minimum atomic E-state index is -0.805. The molecule has 0 fully saturated rings. The summed E-state index contributed by atoms with van der Waals surface area (Å²) in [5, 5.41) is 15.2. The highest BCUT2D eigenvalue weighted by Crippen LogP contribution is 2.20. The summed E-state index contributed by atoms with van der Waals surface area (Å²) in [7, 11) is 0. The van der Waals surface area contributed by atoms with E-state index in [-0.39, 0.29) is 12.3 Å². The fourth-order valence-corrected chi connectivity index (χ4v) is 2.22. The van der Waals surface area contributed by atoms with Gasteiger partial charge in [-0.05, 0) is 30.3 Å². The summed E-state index contributed by atoms with van der Waals surface area (Å²) < 4.78 is 13.7. The zero-order valence-corrected chi connectivity index (χ0v) is 12.0. The molecule has 1 heterocycles. The summed E-state index contributed by atoms with van der Waals surface area (Å²) in [5.41, 5.74) is 1.80. The number of anilines is 1. The summed E-state index contributed by atoms with van der Waals surface area (Å²) in [5.74, 6) is -0.771. The van der Waals surface area contributed by atoms with E-state index in [1.54, 1.807) is 42.5 Å². The fourth-order valence-electron chi connectivity index (χ4n) is 2.22. The van der Waals surface area contributed by atoms with E-state index in [4.69, 9.17) is 10.1 Å². The number of hydrogen-bond acceptors (Lipinski definition) is 4. The summed E-state index contributed by atoms with van der Waals surface area (Å²) in [4.78, 5) is 17.3. The molecule has 0 saturated carbocycles. The van der Waals surface area contributed by atoms with Crippen LogP contribution >= 0.6 is 0 Å². The molecule has 23 heavy (non-hydrogen) atoms. The number of nitrogens with one attached hydrogen (secondary N) is 1. The Bertz CT molecular complexity index is 809. The number of benzene rings is 2. The lowest BCUT2D eigenvalue weighted by atomic mass is 10.0. The number of oxime groups is 1. The van der Waals surface area contributed by atoms with Crippen LogP contribution in [0.15, 0.2) is 53.7 Å². The fraction of sp³-hybridized carbons (Fsp3) is 0.118. The Kier molecular flexibility index (Phi) is 4.02. The Morgan fingerprint density at radius 1 is 1.26 bits per heavy atom. The van der Waals surface area contributed by atoms with Crippen LogP contribution in [0.3, 0.4) is 0 Å². The van der Waals surface area contributed by atoms with E-state index in [2.05, 4.69) is 10.5 Å². The van der Waals surface area contributed by atoms with Gasteiger partial charge in [-0.1, -0.05) is 23.4 Å². The normalized spacial score (nSPS) is 16.2. The van der Waals surface area contributed by atoms with Gasteiger partial charge in [0.25, 0.3) is 5.91 Å². The van der Waals surface area contributed by atoms with Crippen LogP contribution in [0.1, 0.15) is 17.5 Å². The van der Waals surface area contributed by atoms with Gasteiger partial charge >= 0.3 is 0 Å². The molecular weight excluding hydrogens is 297 g/mol. The predicted octanol–water partition coefficient (Wildman–Crippen LogP) is 2.83. The maximum Gasteiger partial charge on any atom is 0.268 e. The highest BCUT2D eigenvalue weighted by atomic mass is 19.1. The van der Waals surface area contributed by atoms with Gasteiger partial charge in [0.15, 0.2) is 0 Å². The second-order valence-corrected chi connectivity index (χ2v) is 4.99. The van der Waals surface area contributed by atoms with Gasteiger partial charge in [0.05, 0.1) is 17.3 Å². The van der Waals surface area contributed by atoms with E-state index in [0.29, 0.717) is 22.5 Å². The molecule has 1 atom stereocenters. The van der Waals surface area contributed by atoms with Crippen molar-refractivity contribution in [3.8, 4) is 6.07 Å². The third-order valence-electron chi connectivity index (χ3n) is 3.43. The van der Waals surface area contributed by atoms with Crippen LogP contribution in [0.25, 0.3) is 0 Å². The first-order valence-corrected chi connectivity index (χ1v) is 6.96. The molecule has 0 radical (unpaired) electrons. The molecule has 0 saturated heterocycles. The number of halogens is 1. The van der Waals surface area contributed by atoms with Gasteiger partial charge in [0, 0.05) is 17.7 Å². The summed E-state index contributed by atoms with van der Waals surface area (Å²) in [6, 6.07) is 14.7. The van der Waals surface area contributed by atoms with Crippen molar-refractivity contribution in [2.45, 2.75) is 12.5 Å². The van der Waals surface area contributed by atoms with Gasteiger partial charge < -0.3 is 10.2 Å². The Morgan fingerprint density at radius 3 is 2.70 bits per heavy atom. The maximum atomic E-state index is 13.7. The first kappa shape index (κ1) is 14.7. The largest absolute Gasteiger partial charge is 0.382 e. The molecule has 0 aliphatic carbocycles. The van der Waals surface area contributed by atoms with Crippen molar-refractivity contribution in [1.82, 2.24) is 0 Å². The molecule has 1 aliphatic heterocycles. The topological polar surface area (TPSA) is 74.5 Å². The van der Waals surface area contributed by atoms with Crippen molar-refractivity contribution in [1.29, 1.82) is 5.26 Å². The molecule has 1 amide bonds. The van der Waals surface area contributed by atoms with E-state index < -0.39 is 11.9 Å². The average Bonchev–Trinajstić information content (AvgIpc) is 3.06. The van der Waals surface area contributed by atoms with Crippen molar-refractivity contribution in [2.75, 3.05) is 5.32 Å². The third kappa shape index (κ3) is 3.19. The van der Waals surface area contributed by atoms with Gasteiger partial charge in [-0.15, -0.1) is 0 Å². The van der Waals surface area contributed by atoms with Gasteiger partial charge in [0.1, 0.15) is 5.82 Å². The van der Waals surface area contributed by atoms with E-state index in [1.807, 2.05) is 6.07 Å². The molecule has 0 unspecified atom stereocenters. The molecule has 2 aromatic rings. The highest BCUT2D eigenvalue weighted by Gasteiger charge is 2.29. The van der Waals surface area contributed by atoms with Crippen LogP contribution in [0.2, 0.25) is 0 Å². The minimum absolute atomic E-state index is 0.197. The molecule has 3 rings (SSSR count). The van der Waals surface area contributed by atoms with E-state index >= 15 is 0 Å². The summed E-state index contributed by atoms with van der Waals surface area (Å²) in [6.45, 7) is 0.